The van der Waals surface area contributed by atoms with E-state index in [0.717, 1.165) is 4.31 Å². The number of methoxy groups -OCH3 is 1. The Kier molecular flexibility index (Phi) is 7.93. The standard InChI is InChI=1S/C26H24N4O6S2/c1-36-23-11-15-25(16-12-23)38(34,35)30(22-7-3-2-4-8-22)19-26(31)28-20-9-13-24(14-10-20)37(32,33)29-21-6-5-17-27-18-21/h2-18,29H,19H2,1H3,(H,28,31). The number of sulfonamides is 2. The second-order valence-electron chi connectivity index (χ2n) is 7.94. The summed E-state index contributed by atoms with van der Waals surface area (Å²) < 4.78 is 60.7. The lowest BCUT2D eigenvalue weighted by Gasteiger charge is -2.24. The summed E-state index contributed by atoms with van der Waals surface area (Å²) in [6, 6.07) is 22.8. The summed E-state index contributed by atoms with van der Waals surface area (Å²) >= 11 is 0. The topological polar surface area (TPSA) is 135 Å². The third kappa shape index (κ3) is 6.28. The van der Waals surface area contributed by atoms with Crippen molar-refractivity contribution in [2.24, 2.45) is 0 Å². The number of ether oxygens (including phenoxy) is 1. The number of para-hydroxylation sites is 1. The number of nitrogens with zero attached hydrogens (tertiary/aromatic N) is 2. The number of hydrogen-bond donors (Lipinski definition) is 2. The highest BCUT2D eigenvalue weighted by atomic mass is 32.2. The first-order valence-electron chi connectivity index (χ1n) is 11.2. The number of pyridine rings is 1. The Hall–Kier alpha value is -4.42. The lowest BCUT2D eigenvalue weighted by Crippen LogP contribution is -2.38. The van der Waals surface area contributed by atoms with Crippen LogP contribution < -0.4 is 19.1 Å². The SMILES string of the molecule is COc1ccc(S(=O)(=O)N(CC(=O)Nc2ccc(S(=O)(=O)Nc3cccnc3)cc2)c2ccccc2)cc1. The van der Waals surface area contributed by atoms with Crippen LogP contribution in [0.5, 0.6) is 5.75 Å². The predicted molar refractivity (Wildman–Crippen MR) is 144 cm³/mol. The zero-order valence-corrected chi connectivity index (χ0v) is 21.8. The first-order chi connectivity index (χ1) is 18.2. The van der Waals surface area contributed by atoms with Gasteiger partial charge in [-0.05, 0) is 72.8 Å². The number of nitrogens with one attached hydrogen (secondary N) is 2. The van der Waals surface area contributed by atoms with Gasteiger partial charge in [-0.25, -0.2) is 16.8 Å². The number of carbonyl (C=O) groups excluding carboxylic acids is 1. The highest BCUT2D eigenvalue weighted by molar-refractivity contribution is 7.93. The smallest absolute Gasteiger partial charge is 0.264 e. The highest BCUT2D eigenvalue weighted by Crippen LogP contribution is 2.25. The van der Waals surface area contributed by atoms with Crippen molar-refractivity contribution in [2.45, 2.75) is 9.79 Å². The van der Waals surface area contributed by atoms with E-state index < -0.39 is 32.5 Å². The quantitative estimate of drug-likeness (QED) is 0.306. The molecule has 1 aromatic heterocycles. The number of amides is 1. The van der Waals surface area contributed by atoms with E-state index in [1.54, 1.807) is 42.5 Å². The molecule has 0 fully saturated rings. The van der Waals surface area contributed by atoms with Gasteiger partial charge in [-0.1, -0.05) is 18.2 Å². The van der Waals surface area contributed by atoms with Gasteiger partial charge in [0.25, 0.3) is 20.0 Å². The maximum atomic E-state index is 13.5. The Morgan fingerprint density at radius 2 is 1.47 bits per heavy atom. The van der Waals surface area contributed by atoms with Crippen LogP contribution in [-0.4, -0.2) is 41.4 Å². The van der Waals surface area contributed by atoms with Crippen molar-refractivity contribution in [1.82, 2.24) is 4.98 Å². The van der Waals surface area contributed by atoms with E-state index in [4.69, 9.17) is 4.74 Å². The zero-order chi connectivity index (χ0) is 27.2. The third-order valence-corrected chi connectivity index (χ3v) is 8.53. The average molecular weight is 553 g/mol. The Morgan fingerprint density at radius 3 is 2.08 bits per heavy atom. The molecule has 196 valence electrons. The fourth-order valence-electron chi connectivity index (χ4n) is 3.47. The van der Waals surface area contributed by atoms with Crippen molar-refractivity contribution in [3.05, 3.63) is 103 Å². The van der Waals surface area contributed by atoms with Gasteiger partial charge in [0, 0.05) is 11.9 Å². The van der Waals surface area contributed by atoms with Crippen LogP contribution in [0.25, 0.3) is 0 Å². The Labute approximate surface area is 221 Å². The van der Waals surface area contributed by atoms with E-state index in [0.29, 0.717) is 22.8 Å². The molecule has 0 bridgehead atoms. The minimum Gasteiger partial charge on any atom is -0.497 e. The molecule has 1 heterocycles. The molecule has 12 heteroatoms. The molecule has 4 aromatic rings. The summed E-state index contributed by atoms with van der Waals surface area (Å²) in [6.07, 6.45) is 2.90. The molecule has 0 spiro atoms. The molecule has 0 saturated carbocycles. The molecular weight excluding hydrogens is 528 g/mol. The van der Waals surface area contributed by atoms with E-state index in [1.165, 1.54) is 68.0 Å². The van der Waals surface area contributed by atoms with Gasteiger partial charge in [-0.2, -0.15) is 0 Å². The maximum Gasteiger partial charge on any atom is 0.264 e. The van der Waals surface area contributed by atoms with Crippen LogP contribution in [-0.2, 0) is 24.8 Å². The fourth-order valence-corrected chi connectivity index (χ4v) is 5.93. The maximum absolute atomic E-state index is 13.5. The lowest BCUT2D eigenvalue weighted by molar-refractivity contribution is -0.114. The van der Waals surface area contributed by atoms with Gasteiger partial charge in [0.1, 0.15) is 12.3 Å². The van der Waals surface area contributed by atoms with Gasteiger partial charge in [-0.3, -0.25) is 18.8 Å². The van der Waals surface area contributed by atoms with Crippen LogP contribution in [0.4, 0.5) is 17.1 Å². The zero-order valence-electron chi connectivity index (χ0n) is 20.2. The predicted octanol–water partition coefficient (Wildman–Crippen LogP) is 3.73. The molecule has 0 aliphatic carbocycles. The van der Waals surface area contributed by atoms with Gasteiger partial charge >= 0.3 is 0 Å². The molecule has 4 rings (SSSR count). The first kappa shape index (κ1) is 26.6. The Bertz CT molecular complexity index is 1600. The van der Waals surface area contributed by atoms with Crippen molar-refractivity contribution >= 4 is 43.0 Å². The molecule has 0 radical (unpaired) electrons. The Balaban J connectivity index is 1.51. The van der Waals surface area contributed by atoms with E-state index in [2.05, 4.69) is 15.0 Å². The fraction of sp³-hybridized carbons (Fsp3) is 0.0769. The second-order valence-corrected chi connectivity index (χ2v) is 11.5. The molecule has 1 amide bonds. The molecule has 38 heavy (non-hydrogen) atoms. The molecule has 3 aromatic carbocycles. The van der Waals surface area contributed by atoms with E-state index >= 15 is 0 Å². The van der Waals surface area contributed by atoms with Crippen molar-refractivity contribution in [3.63, 3.8) is 0 Å². The molecule has 0 atom stereocenters. The van der Waals surface area contributed by atoms with Crippen LogP contribution in [0.3, 0.4) is 0 Å². The van der Waals surface area contributed by atoms with E-state index in [1.807, 2.05) is 0 Å². The molecule has 0 unspecified atom stereocenters. The number of carbonyl (C=O) groups is 1. The minimum atomic E-state index is -4.10. The van der Waals surface area contributed by atoms with Crippen LogP contribution >= 0.6 is 0 Å². The third-order valence-electron chi connectivity index (χ3n) is 5.34. The van der Waals surface area contributed by atoms with E-state index in [-0.39, 0.29) is 9.79 Å². The van der Waals surface area contributed by atoms with E-state index in [9.17, 15) is 21.6 Å². The van der Waals surface area contributed by atoms with Crippen LogP contribution in [0.15, 0.2) is 113 Å². The number of hydrogen-bond acceptors (Lipinski definition) is 7. The first-order valence-corrected chi connectivity index (χ1v) is 14.2. The van der Waals surface area contributed by atoms with Crippen molar-refractivity contribution in [3.8, 4) is 5.75 Å². The molecular formula is C26H24N4O6S2. The van der Waals surface area contributed by atoms with Gasteiger partial charge in [-0.15, -0.1) is 0 Å². The summed E-state index contributed by atoms with van der Waals surface area (Å²) in [5.41, 5.74) is 0.913. The molecule has 2 N–H and O–H groups in total. The van der Waals surface area contributed by atoms with Crippen LogP contribution in [0.1, 0.15) is 0 Å². The summed E-state index contributed by atoms with van der Waals surface area (Å²) in [4.78, 5) is 16.8. The molecule has 0 saturated heterocycles. The highest BCUT2D eigenvalue weighted by Gasteiger charge is 2.27. The molecule has 0 aliphatic heterocycles. The van der Waals surface area contributed by atoms with Crippen LogP contribution in [0, 0.1) is 0 Å². The van der Waals surface area contributed by atoms with Gasteiger partial charge in [0.15, 0.2) is 0 Å². The summed E-state index contributed by atoms with van der Waals surface area (Å²) in [5.74, 6) is -0.121. The summed E-state index contributed by atoms with van der Waals surface area (Å²) in [7, 11) is -6.49. The van der Waals surface area contributed by atoms with Gasteiger partial charge < -0.3 is 10.1 Å². The van der Waals surface area contributed by atoms with Crippen molar-refractivity contribution < 1.29 is 26.4 Å². The molecule has 0 aliphatic rings. The average Bonchev–Trinajstić information content (AvgIpc) is 2.93. The lowest BCUT2D eigenvalue weighted by atomic mass is 10.3. The molecule has 10 nitrogen and oxygen atoms in total. The number of anilines is 3. The second kappa shape index (κ2) is 11.3. The number of rotatable bonds is 10. The number of benzene rings is 3. The summed E-state index contributed by atoms with van der Waals surface area (Å²) in [6.45, 7) is -0.513. The van der Waals surface area contributed by atoms with Crippen LogP contribution in [0.2, 0.25) is 0 Å². The van der Waals surface area contributed by atoms with Crippen molar-refractivity contribution in [2.75, 3.05) is 28.0 Å². The minimum absolute atomic E-state index is 0.00868. The normalized spacial score (nSPS) is 11.4. The van der Waals surface area contributed by atoms with Crippen molar-refractivity contribution in [1.29, 1.82) is 0 Å². The Morgan fingerprint density at radius 1 is 0.816 bits per heavy atom. The number of aromatic nitrogens is 1. The summed E-state index contributed by atoms with van der Waals surface area (Å²) in [5, 5.41) is 2.62. The largest absolute Gasteiger partial charge is 0.497 e. The van der Waals surface area contributed by atoms with Gasteiger partial charge in [0.2, 0.25) is 5.91 Å². The van der Waals surface area contributed by atoms with Gasteiger partial charge in [0.05, 0.1) is 34.5 Å². The monoisotopic (exact) mass is 552 g/mol.